The van der Waals surface area contributed by atoms with Crippen LogP contribution in [0.5, 0.6) is 0 Å². The molecule has 0 N–H and O–H groups in total. The summed E-state index contributed by atoms with van der Waals surface area (Å²) in [5.74, 6) is 0. The van der Waals surface area contributed by atoms with E-state index in [0.717, 1.165) is 13.2 Å². The summed E-state index contributed by atoms with van der Waals surface area (Å²) in [5.41, 5.74) is 0. The smallest absolute Gasteiger partial charge is 0.0466 e. The molecule has 1 nitrogen and oxygen atoms in total. The van der Waals surface area contributed by atoms with Crippen molar-refractivity contribution in [1.82, 2.24) is 0 Å². The van der Waals surface area contributed by atoms with Gasteiger partial charge in [-0.2, -0.15) is 0 Å². The van der Waals surface area contributed by atoms with Crippen molar-refractivity contribution in [3.05, 3.63) is 0 Å². The summed E-state index contributed by atoms with van der Waals surface area (Å²) in [6.07, 6.45) is 2.56. The van der Waals surface area contributed by atoms with Crippen LogP contribution in [0.4, 0.5) is 0 Å². The predicted molar refractivity (Wildman–Crippen MR) is 20.1 cm³/mol. The molecule has 1 aliphatic rings. The molecule has 0 spiro atoms. The van der Waals surface area contributed by atoms with Crippen molar-refractivity contribution in [2.45, 2.75) is 12.8 Å². The average molecular weight is 76.1 g/mol. The molecule has 0 aromatic rings. The normalized spacial score (nSPS) is 20.0. The van der Waals surface area contributed by atoms with E-state index >= 15 is 0 Å². The zero-order chi connectivity index (χ0) is 3.54. The Labute approximate surface area is 38.1 Å². The molecule has 0 aromatic carbocycles. The minimum atomic E-state index is 0. The van der Waals surface area contributed by atoms with Crippen LogP contribution in [-0.2, 0) is 4.74 Å². The first kappa shape index (κ1) is 5.87. The van der Waals surface area contributed by atoms with Crippen LogP contribution in [0, 0.1) is 6.15 Å². The van der Waals surface area contributed by atoms with E-state index in [1.165, 1.54) is 12.8 Å². The third-order valence-corrected chi connectivity index (χ3v) is 0.827. The molecule has 0 atom stereocenters. The van der Waals surface area contributed by atoms with Crippen LogP contribution in [-0.4, -0.2) is 13.2 Å². The second kappa shape index (κ2) is 3.07. The van der Waals surface area contributed by atoms with Gasteiger partial charge in [-0.05, 0) is 12.8 Å². The van der Waals surface area contributed by atoms with Crippen LogP contribution in [0.1, 0.15) is 12.8 Å². The fourth-order valence-electron chi connectivity index (χ4n) is 0.510. The summed E-state index contributed by atoms with van der Waals surface area (Å²) in [6.45, 7) is 2.00. The van der Waals surface area contributed by atoms with Crippen molar-refractivity contribution in [3.8, 4) is 0 Å². The molecule has 1 saturated heterocycles. The summed E-state index contributed by atoms with van der Waals surface area (Å²) in [7, 11) is 0. The minimum absolute atomic E-state index is 0. The zero-order valence-corrected chi connectivity index (χ0v) is 3.94. The van der Waals surface area contributed by atoms with Gasteiger partial charge in [0.1, 0.15) is 0 Å². The second-order valence-electron chi connectivity index (χ2n) is 1.32. The van der Waals surface area contributed by atoms with Gasteiger partial charge in [0.15, 0.2) is 0 Å². The molecule has 0 aromatic heterocycles. The Morgan fingerprint density at radius 1 is 1.00 bits per heavy atom. The monoisotopic (exact) mass is 76.1 g/mol. The SMILES string of the molecule is C1CCOC1.[He]. The summed E-state index contributed by atoms with van der Waals surface area (Å²) in [4.78, 5) is 0. The largest absolute Gasteiger partial charge is 0.381 e. The van der Waals surface area contributed by atoms with Gasteiger partial charge in [0, 0.05) is 19.4 Å². The van der Waals surface area contributed by atoms with Gasteiger partial charge in [-0.15, -0.1) is 0 Å². The Hall–Kier alpha value is -0.131. The van der Waals surface area contributed by atoms with E-state index in [1.54, 1.807) is 0 Å². The number of ether oxygens (including phenoxy) is 1. The molecule has 1 aliphatic heterocycles. The quantitative estimate of drug-likeness (QED) is 0.414. The van der Waals surface area contributed by atoms with E-state index in [1.807, 2.05) is 0 Å². The Morgan fingerprint density at radius 2 is 1.50 bits per heavy atom. The molecule has 6 heavy (non-hydrogen) atoms. The Balaban J connectivity index is 0.000000250. The molecule has 2 heteroatoms. The van der Waals surface area contributed by atoms with Crippen molar-refractivity contribution in [2.24, 2.45) is 0 Å². The summed E-state index contributed by atoms with van der Waals surface area (Å²) >= 11 is 0. The maximum atomic E-state index is 4.94. The average Bonchev–Trinajstić information content (AvgIpc) is 1.76. The first-order valence-electron chi connectivity index (χ1n) is 2.08. The van der Waals surface area contributed by atoms with E-state index in [2.05, 4.69) is 0 Å². The number of hydrogen-bond acceptors (Lipinski definition) is 1. The van der Waals surface area contributed by atoms with Gasteiger partial charge in [-0.3, -0.25) is 0 Å². The summed E-state index contributed by atoms with van der Waals surface area (Å²) in [5, 5.41) is 0. The third-order valence-electron chi connectivity index (χ3n) is 0.827. The van der Waals surface area contributed by atoms with Gasteiger partial charge in [0.25, 0.3) is 0 Å². The van der Waals surface area contributed by atoms with Crippen LogP contribution in [0.3, 0.4) is 0 Å². The Bertz CT molecular complexity index is 19.1. The molecule has 0 saturated carbocycles. The van der Waals surface area contributed by atoms with Crippen molar-refractivity contribution in [1.29, 1.82) is 0 Å². The van der Waals surface area contributed by atoms with Crippen LogP contribution >= 0.6 is 0 Å². The van der Waals surface area contributed by atoms with Gasteiger partial charge in [0.05, 0.1) is 0 Å². The van der Waals surface area contributed by atoms with Gasteiger partial charge in [-0.25, -0.2) is 0 Å². The van der Waals surface area contributed by atoms with E-state index in [0.29, 0.717) is 0 Å². The number of rotatable bonds is 0. The number of hydrogen-bond donors (Lipinski definition) is 0. The van der Waals surface area contributed by atoms with E-state index in [-0.39, 0.29) is 6.15 Å². The van der Waals surface area contributed by atoms with Crippen LogP contribution < -0.4 is 0 Å². The zero-order valence-electron chi connectivity index (χ0n) is 3.94. The summed E-state index contributed by atoms with van der Waals surface area (Å²) < 4.78 is 4.94. The molecule has 0 amide bonds. The summed E-state index contributed by atoms with van der Waals surface area (Å²) in [6, 6.07) is 0. The van der Waals surface area contributed by atoms with E-state index < -0.39 is 0 Å². The first-order valence-corrected chi connectivity index (χ1v) is 2.08. The second-order valence-corrected chi connectivity index (χ2v) is 1.32. The van der Waals surface area contributed by atoms with Crippen LogP contribution in [0.2, 0.25) is 0 Å². The van der Waals surface area contributed by atoms with Crippen molar-refractivity contribution < 1.29 is 10.9 Å². The van der Waals surface area contributed by atoms with Gasteiger partial charge < -0.3 is 4.74 Å². The minimum Gasteiger partial charge on any atom is -0.381 e. The molecular formula is C4H8HeO. The molecule has 1 fully saturated rings. The first-order chi connectivity index (χ1) is 2.50. The molecule has 0 aliphatic carbocycles. The third kappa shape index (κ3) is 1.34. The van der Waals surface area contributed by atoms with Crippen molar-refractivity contribution in [3.63, 3.8) is 0 Å². The van der Waals surface area contributed by atoms with Gasteiger partial charge in [-0.1, -0.05) is 0 Å². The maximum absolute atomic E-state index is 4.94. The molecule has 0 unspecified atom stereocenters. The fraction of sp³-hybridized carbons (Fsp3) is 1.00. The molecule has 0 radical (unpaired) electrons. The molecule has 0 bridgehead atoms. The van der Waals surface area contributed by atoms with Crippen LogP contribution in [0.25, 0.3) is 0 Å². The standard InChI is InChI=1S/C4H8O.He/c1-2-4-5-3-1;/h1-4H2;. The fourth-order valence-corrected chi connectivity index (χ4v) is 0.510. The van der Waals surface area contributed by atoms with E-state index in [9.17, 15) is 0 Å². The van der Waals surface area contributed by atoms with E-state index in [4.69, 9.17) is 4.74 Å². The van der Waals surface area contributed by atoms with Gasteiger partial charge in [0.2, 0.25) is 0 Å². The van der Waals surface area contributed by atoms with Crippen molar-refractivity contribution >= 4 is 0 Å². The van der Waals surface area contributed by atoms with Gasteiger partial charge >= 0.3 is 0 Å². The topological polar surface area (TPSA) is 9.23 Å². The predicted octanol–water partition coefficient (Wildman–Crippen LogP) is 0.797. The molecular weight excluding hydrogens is 68.0 g/mol. The Kier molecular flexibility index (Phi) is 3.01. The van der Waals surface area contributed by atoms with Crippen LogP contribution in [0.15, 0.2) is 0 Å². The maximum Gasteiger partial charge on any atom is 0.0466 e. The van der Waals surface area contributed by atoms with Crippen molar-refractivity contribution in [2.75, 3.05) is 13.2 Å². The molecule has 32 valence electrons. The Morgan fingerprint density at radius 3 is 1.67 bits per heavy atom. The molecule has 1 heterocycles. The molecule has 1 rings (SSSR count).